The van der Waals surface area contributed by atoms with Crippen molar-refractivity contribution in [3.8, 4) is 6.07 Å². The lowest BCUT2D eigenvalue weighted by molar-refractivity contribution is 0.265. The Morgan fingerprint density at radius 2 is 2.40 bits per heavy atom. The van der Waals surface area contributed by atoms with Gasteiger partial charge < -0.3 is 5.32 Å². The van der Waals surface area contributed by atoms with Crippen LogP contribution in [0, 0.1) is 23.2 Å². The van der Waals surface area contributed by atoms with Gasteiger partial charge in [0.1, 0.15) is 0 Å². The van der Waals surface area contributed by atoms with Crippen LogP contribution in [0.15, 0.2) is 0 Å². The molecule has 1 unspecified atom stereocenters. The van der Waals surface area contributed by atoms with Crippen LogP contribution in [-0.4, -0.2) is 13.1 Å². The molecule has 1 aliphatic rings. The lowest BCUT2D eigenvalue weighted by atomic mass is 9.85. The minimum absolute atomic E-state index is 0.311. The zero-order valence-corrected chi connectivity index (χ0v) is 6.43. The number of nitrogens with zero attached hydrogens (tertiary/aromatic N) is 1. The highest BCUT2D eigenvalue weighted by Gasteiger charge is 2.25. The van der Waals surface area contributed by atoms with Crippen LogP contribution in [0.25, 0.3) is 0 Å². The summed E-state index contributed by atoms with van der Waals surface area (Å²) in [6, 6.07) is 2.36. The number of nitrogens with one attached hydrogen (secondary N) is 1. The third kappa shape index (κ3) is 1.48. The number of nitriles is 1. The van der Waals surface area contributed by atoms with E-state index in [9.17, 15) is 0 Å². The normalized spacial score (nSPS) is 21.2. The van der Waals surface area contributed by atoms with E-state index in [1.807, 2.05) is 0 Å². The van der Waals surface area contributed by atoms with Gasteiger partial charge >= 0.3 is 0 Å². The maximum absolute atomic E-state index is 8.71. The summed E-state index contributed by atoms with van der Waals surface area (Å²) in [5, 5.41) is 11.9. The second-order valence-corrected chi connectivity index (χ2v) is 2.94. The minimum atomic E-state index is 0.311. The molecule has 0 aromatic carbocycles. The van der Waals surface area contributed by atoms with Crippen molar-refractivity contribution in [2.45, 2.75) is 19.8 Å². The van der Waals surface area contributed by atoms with E-state index in [2.05, 4.69) is 18.3 Å². The van der Waals surface area contributed by atoms with Gasteiger partial charge in [0.05, 0.1) is 12.0 Å². The summed E-state index contributed by atoms with van der Waals surface area (Å²) in [5.41, 5.74) is 0. The zero-order chi connectivity index (χ0) is 7.40. The van der Waals surface area contributed by atoms with E-state index in [1.54, 1.807) is 0 Å². The van der Waals surface area contributed by atoms with Crippen molar-refractivity contribution in [3.05, 3.63) is 0 Å². The quantitative estimate of drug-likeness (QED) is 0.635. The topological polar surface area (TPSA) is 35.8 Å². The predicted molar refractivity (Wildman–Crippen MR) is 40.4 cm³/mol. The van der Waals surface area contributed by atoms with Crippen LogP contribution < -0.4 is 5.32 Å². The van der Waals surface area contributed by atoms with Gasteiger partial charge in [-0.3, -0.25) is 0 Å². The van der Waals surface area contributed by atoms with E-state index in [0.717, 1.165) is 25.9 Å². The molecule has 0 bridgehead atoms. The highest BCUT2D eigenvalue weighted by Crippen LogP contribution is 2.19. The molecule has 1 N–H and O–H groups in total. The Bertz CT molecular complexity index is 133. The highest BCUT2D eigenvalue weighted by molar-refractivity contribution is 4.93. The van der Waals surface area contributed by atoms with Gasteiger partial charge in [0.15, 0.2) is 0 Å². The third-order valence-corrected chi connectivity index (χ3v) is 2.15. The second-order valence-electron chi connectivity index (χ2n) is 2.94. The first kappa shape index (κ1) is 7.56. The third-order valence-electron chi connectivity index (χ3n) is 2.15. The molecule has 0 aromatic rings. The molecule has 1 saturated heterocycles. The van der Waals surface area contributed by atoms with Crippen LogP contribution >= 0.6 is 0 Å². The summed E-state index contributed by atoms with van der Waals surface area (Å²) in [5.74, 6) is 0.955. The van der Waals surface area contributed by atoms with Crippen molar-refractivity contribution in [3.63, 3.8) is 0 Å². The van der Waals surface area contributed by atoms with Crippen molar-refractivity contribution in [2.75, 3.05) is 13.1 Å². The molecule has 0 saturated carbocycles. The van der Waals surface area contributed by atoms with Crippen LogP contribution in [-0.2, 0) is 0 Å². The maximum atomic E-state index is 8.71. The van der Waals surface area contributed by atoms with E-state index in [1.165, 1.54) is 0 Å². The Morgan fingerprint density at radius 1 is 1.70 bits per heavy atom. The first-order valence-electron chi connectivity index (χ1n) is 3.98. The van der Waals surface area contributed by atoms with Crippen molar-refractivity contribution >= 4 is 0 Å². The van der Waals surface area contributed by atoms with Gasteiger partial charge in [0, 0.05) is 13.1 Å². The summed E-state index contributed by atoms with van der Waals surface area (Å²) in [7, 11) is 0. The number of hydrogen-bond acceptors (Lipinski definition) is 2. The fourth-order valence-electron chi connectivity index (χ4n) is 1.31. The van der Waals surface area contributed by atoms with E-state index < -0.39 is 0 Å². The average Bonchev–Trinajstić information content (AvgIpc) is 1.83. The van der Waals surface area contributed by atoms with Gasteiger partial charge in [-0.2, -0.15) is 5.26 Å². The van der Waals surface area contributed by atoms with Gasteiger partial charge in [0.25, 0.3) is 0 Å². The molecule has 1 atom stereocenters. The lowest BCUT2D eigenvalue weighted by Crippen LogP contribution is -2.45. The fourth-order valence-corrected chi connectivity index (χ4v) is 1.31. The lowest BCUT2D eigenvalue weighted by Gasteiger charge is -2.30. The van der Waals surface area contributed by atoms with Crippen LogP contribution in [0.1, 0.15) is 19.8 Å². The van der Waals surface area contributed by atoms with E-state index in [0.29, 0.717) is 11.8 Å². The molecule has 0 amide bonds. The van der Waals surface area contributed by atoms with Crippen LogP contribution in [0.4, 0.5) is 0 Å². The molecule has 1 aliphatic heterocycles. The molecule has 0 aromatic heterocycles. The van der Waals surface area contributed by atoms with Crippen LogP contribution in [0.3, 0.4) is 0 Å². The molecule has 10 heavy (non-hydrogen) atoms. The smallest absolute Gasteiger partial charge is 0.0659 e. The Kier molecular flexibility index (Phi) is 2.70. The Hall–Kier alpha value is -0.550. The predicted octanol–water partition coefficient (Wildman–Crippen LogP) is 1.15. The molecule has 0 aliphatic carbocycles. The molecular weight excluding hydrogens is 124 g/mol. The summed E-state index contributed by atoms with van der Waals surface area (Å²) in [6.07, 6.45) is 2.21. The number of hydrogen-bond donors (Lipinski definition) is 1. The SMILES string of the molecule is CCCC(C#N)C1CNC1. The van der Waals surface area contributed by atoms with Crippen LogP contribution in [0.2, 0.25) is 0 Å². The number of rotatable bonds is 3. The first-order valence-corrected chi connectivity index (χ1v) is 3.98. The summed E-state index contributed by atoms with van der Waals surface area (Å²) in [4.78, 5) is 0. The van der Waals surface area contributed by atoms with E-state index in [4.69, 9.17) is 5.26 Å². The Balaban J connectivity index is 2.26. The van der Waals surface area contributed by atoms with Crippen molar-refractivity contribution in [1.82, 2.24) is 5.32 Å². The molecule has 0 spiro atoms. The maximum Gasteiger partial charge on any atom is 0.0659 e. The van der Waals surface area contributed by atoms with Crippen LogP contribution in [0.5, 0.6) is 0 Å². The van der Waals surface area contributed by atoms with E-state index in [-0.39, 0.29) is 0 Å². The van der Waals surface area contributed by atoms with Gasteiger partial charge in [-0.15, -0.1) is 0 Å². The summed E-state index contributed by atoms with van der Waals surface area (Å²) in [6.45, 7) is 4.24. The molecule has 1 heterocycles. The Morgan fingerprint density at radius 3 is 2.70 bits per heavy atom. The van der Waals surface area contributed by atoms with Gasteiger partial charge in [0.2, 0.25) is 0 Å². The largest absolute Gasteiger partial charge is 0.316 e. The molecule has 56 valence electrons. The Labute approximate surface area is 62.2 Å². The standard InChI is InChI=1S/C8H14N2/c1-2-3-7(4-9)8-5-10-6-8/h7-8,10H,2-3,5-6H2,1H3. The monoisotopic (exact) mass is 138 g/mol. The molecular formula is C8H14N2. The summed E-state index contributed by atoms with van der Waals surface area (Å²) >= 11 is 0. The minimum Gasteiger partial charge on any atom is -0.316 e. The second kappa shape index (κ2) is 3.58. The molecule has 1 fully saturated rings. The highest BCUT2D eigenvalue weighted by atomic mass is 14.9. The fraction of sp³-hybridized carbons (Fsp3) is 0.875. The molecule has 2 heteroatoms. The molecule has 1 rings (SSSR count). The van der Waals surface area contributed by atoms with Crippen molar-refractivity contribution < 1.29 is 0 Å². The molecule has 2 nitrogen and oxygen atoms in total. The first-order chi connectivity index (χ1) is 4.88. The van der Waals surface area contributed by atoms with Crippen molar-refractivity contribution in [1.29, 1.82) is 5.26 Å². The molecule has 0 radical (unpaired) electrons. The van der Waals surface area contributed by atoms with Gasteiger partial charge in [-0.05, 0) is 12.3 Å². The van der Waals surface area contributed by atoms with Crippen molar-refractivity contribution in [2.24, 2.45) is 11.8 Å². The van der Waals surface area contributed by atoms with Gasteiger partial charge in [-0.1, -0.05) is 13.3 Å². The van der Waals surface area contributed by atoms with Gasteiger partial charge in [-0.25, -0.2) is 0 Å². The zero-order valence-electron chi connectivity index (χ0n) is 6.43. The summed E-state index contributed by atoms with van der Waals surface area (Å²) < 4.78 is 0. The average molecular weight is 138 g/mol. The van der Waals surface area contributed by atoms with E-state index >= 15 is 0 Å².